The summed E-state index contributed by atoms with van der Waals surface area (Å²) in [6.07, 6.45) is 4.24. The Kier molecular flexibility index (Phi) is 1.31. The van der Waals surface area contributed by atoms with Crippen molar-refractivity contribution in [2.75, 3.05) is 0 Å². The van der Waals surface area contributed by atoms with E-state index in [1.54, 1.807) is 6.20 Å². The van der Waals surface area contributed by atoms with E-state index in [-0.39, 0.29) is 5.78 Å². The van der Waals surface area contributed by atoms with E-state index in [0.29, 0.717) is 11.7 Å². The van der Waals surface area contributed by atoms with Crippen LogP contribution in [0.5, 0.6) is 0 Å². The van der Waals surface area contributed by atoms with Gasteiger partial charge in [-0.3, -0.25) is 4.79 Å². The third kappa shape index (κ3) is 1.18. The van der Waals surface area contributed by atoms with Crippen molar-refractivity contribution in [2.45, 2.75) is 25.7 Å². The topological polar surface area (TPSA) is 45.8 Å². The van der Waals surface area contributed by atoms with E-state index >= 15 is 0 Å². The second-order valence-corrected chi connectivity index (χ2v) is 3.02. The van der Waals surface area contributed by atoms with Gasteiger partial charge in [-0.15, -0.1) is 0 Å². The van der Waals surface area contributed by atoms with Gasteiger partial charge in [0.2, 0.25) is 0 Å². The Hall–Kier alpha value is -1.12. The van der Waals surface area contributed by atoms with E-state index in [2.05, 4.69) is 9.97 Å². The Labute approximate surface area is 64.8 Å². The van der Waals surface area contributed by atoms with Crippen molar-refractivity contribution >= 4 is 5.78 Å². The highest BCUT2D eigenvalue weighted by Gasteiger charge is 2.25. The SMILES string of the molecule is CC(=O)c1ncc(C2CC2)[nH]1. The van der Waals surface area contributed by atoms with Crippen LogP contribution in [-0.4, -0.2) is 15.8 Å². The Morgan fingerprint density at radius 3 is 2.91 bits per heavy atom. The highest BCUT2D eigenvalue weighted by Crippen LogP contribution is 2.38. The van der Waals surface area contributed by atoms with E-state index in [1.807, 2.05) is 0 Å². The first-order valence-electron chi connectivity index (χ1n) is 3.83. The van der Waals surface area contributed by atoms with Gasteiger partial charge in [0, 0.05) is 24.7 Å². The number of hydrogen-bond donors (Lipinski definition) is 1. The molecule has 0 spiro atoms. The number of H-pyrrole nitrogens is 1. The van der Waals surface area contributed by atoms with Crippen LogP contribution < -0.4 is 0 Å². The van der Waals surface area contributed by atoms with Crippen LogP contribution in [0.3, 0.4) is 0 Å². The van der Waals surface area contributed by atoms with Gasteiger partial charge >= 0.3 is 0 Å². The Bertz CT molecular complexity index is 286. The second kappa shape index (κ2) is 2.19. The van der Waals surface area contributed by atoms with Crippen molar-refractivity contribution in [1.82, 2.24) is 9.97 Å². The van der Waals surface area contributed by atoms with Crippen LogP contribution in [0.4, 0.5) is 0 Å². The van der Waals surface area contributed by atoms with Crippen LogP contribution in [-0.2, 0) is 0 Å². The normalized spacial score (nSPS) is 16.8. The lowest BCUT2D eigenvalue weighted by Gasteiger charge is -1.87. The standard InChI is InChI=1S/C8H10N2O/c1-5(11)8-9-4-7(10-8)6-2-3-6/h4,6H,2-3H2,1H3,(H,9,10). The maximum absolute atomic E-state index is 10.8. The number of ketones is 1. The summed E-state index contributed by atoms with van der Waals surface area (Å²) >= 11 is 0. The fraction of sp³-hybridized carbons (Fsp3) is 0.500. The zero-order valence-corrected chi connectivity index (χ0v) is 6.42. The molecule has 3 heteroatoms. The molecular weight excluding hydrogens is 140 g/mol. The van der Waals surface area contributed by atoms with Gasteiger partial charge in [0.25, 0.3) is 0 Å². The molecule has 0 atom stereocenters. The number of Topliss-reactive ketones (excluding diaryl/α,β-unsaturated/α-hetero) is 1. The molecule has 0 bridgehead atoms. The monoisotopic (exact) mass is 150 g/mol. The van der Waals surface area contributed by atoms with E-state index < -0.39 is 0 Å². The number of carbonyl (C=O) groups excluding carboxylic acids is 1. The highest BCUT2D eigenvalue weighted by molar-refractivity contribution is 5.90. The summed E-state index contributed by atoms with van der Waals surface area (Å²) in [5, 5.41) is 0. The van der Waals surface area contributed by atoms with Crippen molar-refractivity contribution in [2.24, 2.45) is 0 Å². The maximum Gasteiger partial charge on any atom is 0.194 e. The Balaban J connectivity index is 2.25. The summed E-state index contributed by atoms with van der Waals surface area (Å²) in [5.41, 5.74) is 1.12. The highest BCUT2D eigenvalue weighted by atomic mass is 16.1. The van der Waals surface area contributed by atoms with Gasteiger partial charge in [-0.25, -0.2) is 4.98 Å². The average molecular weight is 150 g/mol. The van der Waals surface area contributed by atoms with Crippen molar-refractivity contribution in [3.8, 4) is 0 Å². The summed E-state index contributed by atoms with van der Waals surface area (Å²) in [7, 11) is 0. The number of nitrogens with zero attached hydrogens (tertiary/aromatic N) is 1. The number of rotatable bonds is 2. The molecule has 11 heavy (non-hydrogen) atoms. The number of aromatic nitrogens is 2. The summed E-state index contributed by atoms with van der Waals surface area (Å²) in [6, 6.07) is 0. The lowest BCUT2D eigenvalue weighted by Crippen LogP contribution is -1.94. The Morgan fingerprint density at radius 2 is 2.45 bits per heavy atom. The molecule has 0 unspecified atom stereocenters. The quantitative estimate of drug-likeness (QED) is 0.649. The molecule has 1 fully saturated rings. The van der Waals surface area contributed by atoms with E-state index in [1.165, 1.54) is 19.8 Å². The molecule has 0 aromatic carbocycles. The molecule has 0 saturated heterocycles. The minimum Gasteiger partial charge on any atom is -0.339 e. The molecule has 2 rings (SSSR count). The molecule has 1 saturated carbocycles. The zero-order valence-electron chi connectivity index (χ0n) is 6.42. The van der Waals surface area contributed by atoms with Crippen LogP contribution in [0.15, 0.2) is 6.20 Å². The summed E-state index contributed by atoms with van der Waals surface area (Å²) in [6.45, 7) is 1.52. The molecular formula is C8H10N2O. The number of hydrogen-bond acceptors (Lipinski definition) is 2. The minimum atomic E-state index is 0.0110. The molecule has 0 amide bonds. The smallest absolute Gasteiger partial charge is 0.194 e. The minimum absolute atomic E-state index is 0.0110. The first-order chi connectivity index (χ1) is 5.27. The van der Waals surface area contributed by atoms with E-state index in [4.69, 9.17) is 0 Å². The number of aromatic amines is 1. The predicted octanol–water partition coefficient (Wildman–Crippen LogP) is 1.49. The number of carbonyl (C=O) groups is 1. The lowest BCUT2D eigenvalue weighted by molar-refractivity contribution is 0.100. The molecule has 1 N–H and O–H groups in total. The third-order valence-corrected chi connectivity index (χ3v) is 1.95. The number of nitrogens with one attached hydrogen (secondary N) is 1. The molecule has 0 radical (unpaired) electrons. The van der Waals surface area contributed by atoms with Crippen molar-refractivity contribution in [3.63, 3.8) is 0 Å². The van der Waals surface area contributed by atoms with Crippen molar-refractivity contribution in [3.05, 3.63) is 17.7 Å². The molecule has 0 aliphatic heterocycles. The Morgan fingerprint density at radius 1 is 1.73 bits per heavy atom. The molecule has 1 aromatic heterocycles. The molecule has 1 aromatic rings. The van der Waals surface area contributed by atoms with Crippen LogP contribution in [0.25, 0.3) is 0 Å². The summed E-state index contributed by atoms with van der Waals surface area (Å²) < 4.78 is 0. The molecule has 1 aliphatic rings. The van der Waals surface area contributed by atoms with Gasteiger partial charge in [0.15, 0.2) is 11.6 Å². The lowest BCUT2D eigenvalue weighted by atomic mass is 10.3. The van der Waals surface area contributed by atoms with Crippen LogP contribution in [0, 0.1) is 0 Å². The largest absolute Gasteiger partial charge is 0.339 e. The fourth-order valence-corrected chi connectivity index (χ4v) is 1.12. The van der Waals surface area contributed by atoms with Crippen molar-refractivity contribution in [1.29, 1.82) is 0 Å². The fourth-order valence-electron chi connectivity index (χ4n) is 1.12. The van der Waals surface area contributed by atoms with Gasteiger partial charge in [0.05, 0.1) is 0 Å². The van der Waals surface area contributed by atoms with Crippen LogP contribution in [0.1, 0.15) is 42.0 Å². The molecule has 1 aliphatic carbocycles. The summed E-state index contributed by atoms with van der Waals surface area (Å²) in [5.74, 6) is 1.15. The van der Waals surface area contributed by atoms with Gasteiger partial charge in [-0.1, -0.05) is 0 Å². The molecule has 58 valence electrons. The summed E-state index contributed by atoms with van der Waals surface area (Å²) in [4.78, 5) is 17.8. The first kappa shape index (κ1) is 6.58. The van der Waals surface area contributed by atoms with Gasteiger partial charge in [-0.05, 0) is 12.8 Å². The number of imidazole rings is 1. The van der Waals surface area contributed by atoms with Crippen LogP contribution >= 0.6 is 0 Å². The molecule has 3 nitrogen and oxygen atoms in total. The van der Waals surface area contributed by atoms with Crippen LogP contribution in [0.2, 0.25) is 0 Å². The van der Waals surface area contributed by atoms with E-state index in [9.17, 15) is 4.79 Å². The average Bonchev–Trinajstić information content (AvgIpc) is 2.68. The predicted molar refractivity (Wildman–Crippen MR) is 40.6 cm³/mol. The zero-order chi connectivity index (χ0) is 7.84. The third-order valence-electron chi connectivity index (χ3n) is 1.95. The van der Waals surface area contributed by atoms with E-state index in [0.717, 1.165) is 5.69 Å². The van der Waals surface area contributed by atoms with Gasteiger partial charge < -0.3 is 4.98 Å². The first-order valence-corrected chi connectivity index (χ1v) is 3.83. The van der Waals surface area contributed by atoms with Crippen molar-refractivity contribution < 1.29 is 4.79 Å². The van der Waals surface area contributed by atoms with Gasteiger partial charge in [0.1, 0.15) is 0 Å². The van der Waals surface area contributed by atoms with Gasteiger partial charge in [-0.2, -0.15) is 0 Å². The maximum atomic E-state index is 10.8. The molecule has 1 heterocycles. The second-order valence-electron chi connectivity index (χ2n) is 3.02.